The van der Waals surface area contributed by atoms with Gasteiger partial charge in [0.2, 0.25) is 0 Å². The summed E-state index contributed by atoms with van der Waals surface area (Å²) in [5, 5.41) is 0. The number of carbonyl (C=O) groups is 1. The van der Waals surface area contributed by atoms with Crippen LogP contribution in [0.3, 0.4) is 0 Å². The number of nitrogens with two attached hydrogens (primary N) is 1. The number of piperidine rings is 1. The molecule has 2 aliphatic heterocycles. The van der Waals surface area contributed by atoms with Crippen molar-refractivity contribution in [2.45, 2.75) is 45.2 Å². The quantitative estimate of drug-likeness (QED) is 0.861. The Morgan fingerprint density at radius 3 is 2.60 bits per heavy atom. The standard InChI is InChI=1S/C19H29N3O.2ClH/c1-15(20)18-8-5-11-22(14-18)19(23)17-7-4-6-16(12-17)13-21-9-2-3-10-21;;/h4,6-7,12,15,18H,2-3,5,8-11,13-14,20H2,1H3;2*1H. The molecule has 4 nitrogen and oxygen atoms in total. The second-order valence-corrected chi connectivity index (χ2v) is 7.20. The molecule has 0 spiro atoms. The molecule has 142 valence electrons. The Labute approximate surface area is 163 Å². The topological polar surface area (TPSA) is 49.6 Å². The van der Waals surface area contributed by atoms with Gasteiger partial charge in [-0.2, -0.15) is 0 Å². The van der Waals surface area contributed by atoms with Crippen molar-refractivity contribution in [2.24, 2.45) is 11.7 Å². The Hall–Kier alpha value is -0.810. The molecule has 3 rings (SSSR count). The Morgan fingerprint density at radius 1 is 1.20 bits per heavy atom. The zero-order valence-corrected chi connectivity index (χ0v) is 16.7. The first-order chi connectivity index (χ1) is 11.1. The fourth-order valence-corrected chi connectivity index (χ4v) is 3.81. The van der Waals surface area contributed by atoms with Crippen LogP contribution in [-0.4, -0.2) is 47.9 Å². The minimum Gasteiger partial charge on any atom is -0.338 e. The smallest absolute Gasteiger partial charge is 0.253 e. The van der Waals surface area contributed by atoms with Crippen LogP contribution in [0.15, 0.2) is 24.3 Å². The van der Waals surface area contributed by atoms with E-state index in [1.54, 1.807) is 0 Å². The summed E-state index contributed by atoms with van der Waals surface area (Å²) in [6.45, 7) is 7.03. The van der Waals surface area contributed by atoms with Crippen LogP contribution in [0.4, 0.5) is 0 Å². The molecule has 0 aromatic heterocycles. The molecule has 2 aliphatic rings. The molecule has 6 heteroatoms. The van der Waals surface area contributed by atoms with E-state index in [4.69, 9.17) is 5.73 Å². The summed E-state index contributed by atoms with van der Waals surface area (Å²) in [6, 6.07) is 8.34. The third-order valence-electron chi connectivity index (χ3n) is 5.27. The van der Waals surface area contributed by atoms with Gasteiger partial charge in [0, 0.05) is 31.2 Å². The maximum atomic E-state index is 12.8. The Balaban J connectivity index is 0.00000156. The molecular weight excluding hydrogens is 357 g/mol. The fraction of sp³-hybridized carbons (Fsp3) is 0.632. The van der Waals surface area contributed by atoms with Crippen molar-refractivity contribution in [1.82, 2.24) is 9.80 Å². The molecule has 2 fully saturated rings. The number of halogens is 2. The van der Waals surface area contributed by atoms with E-state index in [0.717, 1.165) is 38.0 Å². The maximum Gasteiger partial charge on any atom is 0.253 e. The van der Waals surface area contributed by atoms with Crippen LogP contribution in [0.2, 0.25) is 0 Å². The number of likely N-dealkylation sites (tertiary alicyclic amines) is 2. The highest BCUT2D eigenvalue weighted by molar-refractivity contribution is 5.94. The van der Waals surface area contributed by atoms with E-state index >= 15 is 0 Å². The van der Waals surface area contributed by atoms with Crippen molar-refractivity contribution in [3.05, 3.63) is 35.4 Å². The first kappa shape index (κ1) is 22.2. The summed E-state index contributed by atoms with van der Waals surface area (Å²) in [7, 11) is 0. The highest BCUT2D eigenvalue weighted by Crippen LogP contribution is 2.21. The summed E-state index contributed by atoms with van der Waals surface area (Å²) in [6.07, 6.45) is 4.79. The molecule has 2 saturated heterocycles. The van der Waals surface area contributed by atoms with Gasteiger partial charge in [-0.05, 0) is 69.3 Å². The molecule has 1 aromatic rings. The van der Waals surface area contributed by atoms with Gasteiger partial charge in [-0.3, -0.25) is 9.69 Å². The van der Waals surface area contributed by atoms with Crippen LogP contribution < -0.4 is 5.73 Å². The lowest BCUT2D eigenvalue weighted by molar-refractivity contribution is 0.0661. The normalized spacial score (nSPS) is 22.0. The molecule has 0 saturated carbocycles. The average Bonchev–Trinajstić information content (AvgIpc) is 3.07. The molecule has 2 N–H and O–H groups in total. The molecule has 1 aromatic carbocycles. The van der Waals surface area contributed by atoms with Crippen LogP contribution in [0, 0.1) is 5.92 Å². The third kappa shape index (κ3) is 5.85. The van der Waals surface area contributed by atoms with Crippen molar-refractivity contribution in [3.63, 3.8) is 0 Å². The SMILES string of the molecule is CC(N)C1CCCN(C(=O)c2cccc(CN3CCCC3)c2)C1.Cl.Cl. The molecule has 2 unspecified atom stereocenters. The van der Waals surface area contributed by atoms with Gasteiger partial charge in [0.1, 0.15) is 0 Å². The number of carbonyl (C=O) groups excluding carboxylic acids is 1. The zero-order valence-electron chi connectivity index (χ0n) is 15.0. The molecule has 25 heavy (non-hydrogen) atoms. The van der Waals surface area contributed by atoms with E-state index in [9.17, 15) is 4.79 Å². The third-order valence-corrected chi connectivity index (χ3v) is 5.27. The van der Waals surface area contributed by atoms with Gasteiger partial charge in [0.15, 0.2) is 0 Å². The Kier molecular flexibility index (Phi) is 9.22. The van der Waals surface area contributed by atoms with Crippen molar-refractivity contribution in [2.75, 3.05) is 26.2 Å². The van der Waals surface area contributed by atoms with Crippen LogP contribution >= 0.6 is 24.8 Å². The zero-order chi connectivity index (χ0) is 16.2. The fourth-order valence-electron chi connectivity index (χ4n) is 3.81. The summed E-state index contributed by atoms with van der Waals surface area (Å²) in [4.78, 5) is 17.3. The van der Waals surface area contributed by atoms with Gasteiger partial charge in [0.25, 0.3) is 5.91 Å². The minimum absolute atomic E-state index is 0. The van der Waals surface area contributed by atoms with E-state index in [2.05, 4.69) is 24.0 Å². The predicted octanol–water partition coefficient (Wildman–Crippen LogP) is 3.33. The summed E-state index contributed by atoms with van der Waals surface area (Å²) < 4.78 is 0. The van der Waals surface area contributed by atoms with Crippen molar-refractivity contribution < 1.29 is 4.79 Å². The van der Waals surface area contributed by atoms with Gasteiger partial charge in [-0.1, -0.05) is 12.1 Å². The van der Waals surface area contributed by atoms with Crippen molar-refractivity contribution >= 4 is 30.7 Å². The van der Waals surface area contributed by atoms with Gasteiger partial charge in [-0.25, -0.2) is 0 Å². The summed E-state index contributed by atoms with van der Waals surface area (Å²) in [5.74, 6) is 0.596. The number of hydrogen-bond donors (Lipinski definition) is 1. The lowest BCUT2D eigenvalue weighted by atomic mass is 9.92. The lowest BCUT2D eigenvalue weighted by Crippen LogP contribution is -2.45. The minimum atomic E-state index is 0. The second kappa shape index (κ2) is 10.4. The highest BCUT2D eigenvalue weighted by Gasteiger charge is 2.26. The number of nitrogens with zero attached hydrogens (tertiary/aromatic N) is 2. The molecule has 0 radical (unpaired) electrons. The largest absolute Gasteiger partial charge is 0.338 e. The summed E-state index contributed by atoms with van der Waals surface area (Å²) in [5.41, 5.74) is 8.11. The first-order valence-corrected chi connectivity index (χ1v) is 8.99. The van der Waals surface area contributed by atoms with Crippen LogP contribution in [-0.2, 0) is 6.54 Å². The van der Waals surface area contributed by atoms with E-state index < -0.39 is 0 Å². The van der Waals surface area contributed by atoms with Crippen molar-refractivity contribution in [3.8, 4) is 0 Å². The van der Waals surface area contributed by atoms with E-state index in [1.807, 2.05) is 17.0 Å². The molecule has 0 bridgehead atoms. The van der Waals surface area contributed by atoms with Crippen LogP contribution in [0.5, 0.6) is 0 Å². The predicted molar refractivity (Wildman–Crippen MR) is 108 cm³/mol. The van der Waals surface area contributed by atoms with Gasteiger partial charge >= 0.3 is 0 Å². The average molecular weight is 388 g/mol. The molecular formula is C19H31Cl2N3O. The van der Waals surface area contributed by atoms with Gasteiger partial charge in [0.05, 0.1) is 0 Å². The van der Waals surface area contributed by atoms with Crippen LogP contribution in [0.1, 0.15) is 48.5 Å². The Morgan fingerprint density at radius 2 is 1.92 bits per heavy atom. The maximum absolute atomic E-state index is 12.8. The number of benzene rings is 1. The number of hydrogen-bond acceptors (Lipinski definition) is 3. The van der Waals surface area contributed by atoms with E-state index in [0.29, 0.717) is 5.92 Å². The highest BCUT2D eigenvalue weighted by atomic mass is 35.5. The molecule has 0 aliphatic carbocycles. The van der Waals surface area contributed by atoms with Crippen molar-refractivity contribution in [1.29, 1.82) is 0 Å². The lowest BCUT2D eigenvalue weighted by Gasteiger charge is -2.34. The van der Waals surface area contributed by atoms with E-state index in [-0.39, 0.29) is 36.8 Å². The number of amides is 1. The Bertz CT molecular complexity index is 547. The van der Waals surface area contributed by atoms with Crippen LogP contribution in [0.25, 0.3) is 0 Å². The monoisotopic (exact) mass is 387 g/mol. The number of rotatable bonds is 4. The van der Waals surface area contributed by atoms with Gasteiger partial charge < -0.3 is 10.6 Å². The van der Waals surface area contributed by atoms with Gasteiger partial charge in [-0.15, -0.1) is 24.8 Å². The first-order valence-electron chi connectivity index (χ1n) is 8.99. The molecule has 1 amide bonds. The summed E-state index contributed by atoms with van der Waals surface area (Å²) >= 11 is 0. The molecule has 2 atom stereocenters. The molecule has 2 heterocycles. The second-order valence-electron chi connectivity index (χ2n) is 7.20. The van der Waals surface area contributed by atoms with E-state index in [1.165, 1.54) is 31.5 Å².